The van der Waals surface area contributed by atoms with Crippen LogP contribution in [0.3, 0.4) is 0 Å². The number of aromatic carboxylic acids is 1. The Morgan fingerprint density at radius 2 is 1.96 bits per heavy atom. The Balaban J connectivity index is 2.00. The van der Waals surface area contributed by atoms with E-state index in [1.807, 2.05) is 12.1 Å². The van der Waals surface area contributed by atoms with Gasteiger partial charge in [-0.1, -0.05) is 6.07 Å². The molecule has 0 atom stereocenters. The summed E-state index contributed by atoms with van der Waals surface area (Å²) in [5.41, 5.74) is 2.29. The van der Waals surface area contributed by atoms with E-state index in [9.17, 15) is 15.2 Å². The van der Waals surface area contributed by atoms with Crippen LogP contribution in [0.2, 0.25) is 0 Å². The van der Waals surface area contributed by atoms with Crippen LogP contribution >= 0.6 is 0 Å². The summed E-state index contributed by atoms with van der Waals surface area (Å²) in [4.78, 5) is 17.4. The van der Waals surface area contributed by atoms with Crippen LogP contribution in [-0.2, 0) is 0 Å². The van der Waals surface area contributed by atoms with Crippen LogP contribution in [0.25, 0.3) is 11.3 Å². The third-order valence-corrected chi connectivity index (χ3v) is 4.22. The molecule has 1 fully saturated rings. The van der Waals surface area contributed by atoms with E-state index in [1.165, 1.54) is 12.5 Å². The summed E-state index contributed by atoms with van der Waals surface area (Å²) in [7, 11) is 0. The molecule has 3 rings (SSSR count). The minimum absolute atomic E-state index is 0.210. The molecule has 0 radical (unpaired) electrons. The summed E-state index contributed by atoms with van der Waals surface area (Å²) in [5, 5.41) is 28.1. The topological polar surface area (TPSA) is 97.5 Å². The number of carbonyl (C=O) groups is 1. The van der Waals surface area contributed by atoms with E-state index in [1.54, 1.807) is 6.07 Å². The molecule has 2 N–H and O–H groups in total. The van der Waals surface area contributed by atoms with Crippen molar-refractivity contribution in [2.75, 3.05) is 18.0 Å². The first-order valence-corrected chi connectivity index (χ1v) is 7.82. The highest BCUT2D eigenvalue weighted by Crippen LogP contribution is 2.29. The highest BCUT2D eigenvalue weighted by molar-refractivity contribution is 5.92. The number of aromatic hydroxyl groups is 1. The molecule has 1 aromatic carbocycles. The zero-order valence-electron chi connectivity index (χ0n) is 13.1. The van der Waals surface area contributed by atoms with Crippen molar-refractivity contribution in [2.24, 2.45) is 0 Å². The molecule has 0 aliphatic carbocycles. The SMILES string of the molecule is N#Cc1cc(-c2cc(C(=O)O)c(O)cn2)ccc1N1CCCCC1. The Hall–Kier alpha value is -3.07. The lowest BCUT2D eigenvalue weighted by Gasteiger charge is -2.29. The molecule has 0 bridgehead atoms. The standard InChI is InChI=1S/C18H17N3O3/c19-10-13-8-12(4-5-16(13)21-6-2-1-3-7-21)15-9-14(18(23)24)17(22)11-20-15/h4-5,8-9,11,22H,1-3,6-7H2,(H,23,24). The molecule has 6 nitrogen and oxygen atoms in total. The summed E-state index contributed by atoms with van der Waals surface area (Å²) in [5.74, 6) is -1.60. The molecule has 1 aliphatic rings. The molecule has 1 aliphatic heterocycles. The minimum Gasteiger partial charge on any atom is -0.505 e. The van der Waals surface area contributed by atoms with E-state index in [-0.39, 0.29) is 11.3 Å². The molecule has 0 unspecified atom stereocenters. The first-order valence-electron chi connectivity index (χ1n) is 7.82. The second kappa shape index (κ2) is 6.59. The quantitative estimate of drug-likeness (QED) is 0.901. The fraction of sp³-hybridized carbons (Fsp3) is 0.278. The van der Waals surface area contributed by atoms with Gasteiger partial charge in [-0.2, -0.15) is 5.26 Å². The largest absolute Gasteiger partial charge is 0.505 e. The monoisotopic (exact) mass is 323 g/mol. The molecule has 0 amide bonds. The average molecular weight is 323 g/mol. The summed E-state index contributed by atoms with van der Waals surface area (Å²) in [6, 6.07) is 8.96. The number of nitrogens with zero attached hydrogens (tertiary/aromatic N) is 3. The lowest BCUT2D eigenvalue weighted by atomic mass is 10.0. The van der Waals surface area contributed by atoms with Crippen molar-refractivity contribution in [1.82, 2.24) is 4.98 Å². The number of hydrogen-bond donors (Lipinski definition) is 2. The fourth-order valence-corrected chi connectivity index (χ4v) is 2.97. The van der Waals surface area contributed by atoms with E-state index < -0.39 is 5.97 Å². The number of aromatic nitrogens is 1. The van der Waals surface area contributed by atoms with E-state index >= 15 is 0 Å². The Bertz CT molecular complexity index is 821. The maximum absolute atomic E-state index is 11.1. The average Bonchev–Trinajstić information content (AvgIpc) is 2.62. The van der Waals surface area contributed by atoms with Crippen molar-refractivity contribution in [3.8, 4) is 23.1 Å². The van der Waals surface area contributed by atoms with E-state index in [0.29, 0.717) is 16.8 Å². The molecule has 0 saturated carbocycles. The highest BCUT2D eigenvalue weighted by atomic mass is 16.4. The lowest BCUT2D eigenvalue weighted by molar-refractivity contribution is 0.0693. The van der Waals surface area contributed by atoms with Gasteiger partial charge in [-0.3, -0.25) is 4.98 Å². The number of anilines is 1. The molecule has 1 saturated heterocycles. The zero-order valence-corrected chi connectivity index (χ0v) is 13.1. The van der Waals surface area contributed by atoms with Crippen LogP contribution in [0.4, 0.5) is 5.69 Å². The summed E-state index contributed by atoms with van der Waals surface area (Å²) >= 11 is 0. The third kappa shape index (κ3) is 3.01. The van der Waals surface area contributed by atoms with Gasteiger partial charge < -0.3 is 15.1 Å². The van der Waals surface area contributed by atoms with Crippen LogP contribution in [0, 0.1) is 11.3 Å². The lowest BCUT2D eigenvalue weighted by Crippen LogP contribution is -2.29. The van der Waals surface area contributed by atoms with Gasteiger partial charge >= 0.3 is 5.97 Å². The fourth-order valence-electron chi connectivity index (χ4n) is 2.97. The number of benzene rings is 1. The molecule has 24 heavy (non-hydrogen) atoms. The van der Waals surface area contributed by atoms with Crippen LogP contribution in [0.5, 0.6) is 5.75 Å². The summed E-state index contributed by atoms with van der Waals surface area (Å²) in [6.07, 6.45) is 4.57. The van der Waals surface area contributed by atoms with Gasteiger partial charge in [0, 0.05) is 18.7 Å². The smallest absolute Gasteiger partial charge is 0.339 e. The number of nitriles is 1. The first-order chi connectivity index (χ1) is 11.6. The molecular weight excluding hydrogens is 306 g/mol. The Labute approximate surface area is 139 Å². The number of rotatable bonds is 3. The van der Waals surface area contributed by atoms with Crippen LogP contribution in [0.1, 0.15) is 35.2 Å². The molecule has 2 aromatic rings. The Morgan fingerprint density at radius 3 is 2.62 bits per heavy atom. The molecule has 2 heterocycles. The highest BCUT2D eigenvalue weighted by Gasteiger charge is 2.17. The van der Waals surface area contributed by atoms with E-state index in [2.05, 4.69) is 16.0 Å². The number of carboxylic acids is 1. The molecule has 122 valence electrons. The number of piperidine rings is 1. The molecule has 0 spiro atoms. The van der Waals surface area contributed by atoms with Gasteiger partial charge in [-0.25, -0.2) is 4.79 Å². The van der Waals surface area contributed by atoms with E-state index in [4.69, 9.17) is 5.11 Å². The van der Waals surface area contributed by atoms with Gasteiger partial charge in [0.1, 0.15) is 17.4 Å². The van der Waals surface area contributed by atoms with Crippen molar-refractivity contribution in [3.63, 3.8) is 0 Å². The minimum atomic E-state index is -1.22. The Morgan fingerprint density at radius 1 is 1.21 bits per heavy atom. The van der Waals surface area contributed by atoms with Crippen molar-refractivity contribution in [2.45, 2.75) is 19.3 Å². The number of carboxylic acid groups (broad SMARTS) is 1. The first kappa shape index (κ1) is 15.8. The maximum Gasteiger partial charge on any atom is 0.339 e. The second-order valence-corrected chi connectivity index (χ2v) is 5.78. The van der Waals surface area contributed by atoms with Gasteiger partial charge in [0.15, 0.2) is 0 Å². The second-order valence-electron chi connectivity index (χ2n) is 5.78. The van der Waals surface area contributed by atoms with Crippen molar-refractivity contribution >= 4 is 11.7 Å². The van der Waals surface area contributed by atoms with Crippen LogP contribution in [0.15, 0.2) is 30.5 Å². The zero-order chi connectivity index (χ0) is 17.1. The normalized spacial score (nSPS) is 14.2. The summed E-state index contributed by atoms with van der Waals surface area (Å²) < 4.78 is 0. The maximum atomic E-state index is 11.1. The van der Waals surface area contributed by atoms with Gasteiger partial charge in [0.2, 0.25) is 0 Å². The van der Waals surface area contributed by atoms with Gasteiger partial charge in [0.05, 0.1) is 23.1 Å². The van der Waals surface area contributed by atoms with Gasteiger partial charge in [0.25, 0.3) is 0 Å². The number of hydrogen-bond acceptors (Lipinski definition) is 5. The van der Waals surface area contributed by atoms with Gasteiger partial charge in [-0.05, 0) is 37.5 Å². The van der Waals surface area contributed by atoms with E-state index in [0.717, 1.165) is 37.8 Å². The van der Waals surface area contributed by atoms with Crippen molar-refractivity contribution in [1.29, 1.82) is 5.26 Å². The van der Waals surface area contributed by atoms with Crippen LogP contribution < -0.4 is 4.90 Å². The molecular formula is C18H17N3O3. The van der Waals surface area contributed by atoms with Gasteiger partial charge in [-0.15, -0.1) is 0 Å². The van der Waals surface area contributed by atoms with Crippen molar-refractivity contribution < 1.29 is 15.0 Å². The van der Waals surface area contributed by atoms with Crippen LogP contribution in [-0.4, -0.2) is 34.3 Å². The molecule has 6 heteroatoms. The third-order valence-electron chi connectivity index (χ3n) is 4.22. The predicted octanol–water partition coefficient (Wildman–Crippen LogP) is 3.01. The Kier molecular flexibility index (Phi) is 4.34. The van der Waals surface area contributed by atoms with Crippen molar-refractivity contribution in [3.05, 3.63) is 41.6 Å². The molecule has 1 aromatic heterocycles. The predicted molar refractivity (Wildman–Crippen MR) is 89.1 cm³/mol. The summed E-state index contributed by atoms with van der Waals surface area (Å²) in [6.45, 7) is 1.88. The number of pyridine rings is 1.